The van der Waals surface area contributed by atoms with Gasteiger partial charge in [0.1, 0.15) is 17.1 Å². The van der Waals surface area contributed by atoms with Crippen molar-refractivity contribution in [2.75, 3.05) is 7.11 Å². The highest BCUT2D eigenvalue weighted by atomic mass is 32.2. The minimum Gasteiger partial charge on any atom is -0.497 e. The maximum absolute atomic E-state index is 13.4. The monoisotopic (exact) mass is 379 g/mol. The molecular formula is C21H18FN3OS. The minimum atomic E-state index is -0.223. The SMILES string of the molecule is COc1cccc(Cn2c(SCc3cccc(F)c3)nc3cccnc32)c1. The highest BCUT2D eigenvalue weighted by Gasteiger charge is 2.13. The Morgan fingerprint density at radius 2 is 1.89 bits per heavy atom. The number of methoxy groups -OCH3 is 1. The average molecular weight is 379 g/mol. The van der Waals surface area contributed by atoms with Gasteiger partial charge in [-0.2, -0.15) is 0 Å². The molecular weight excluding hydrogens is 361 g/mol. The van der Waals surface area contributed by atoms with E-state index < -0.39 is 0 Å². The van der Waals surface area contributed by atoms with Crippen LogP contribution >= 0.6 is 11.8 Å². The quantitative estimate of drug-likeness (QED) is 0.446. The summed E-state index contributed by atoms with van der Waals surface area (Å²) < 4.78 is 20.9. The normalized spacial score (nSPS) is 11.0. The third kappa shape index (κ3) is 3.95. The van der Waals surface area contributed by atoms with E-state index in [1.165, 1.54) is 6.07 Å². The summed E-state index contributed by atoms with van der Waals surface area (Å²) in [4.78, 5) is 9.23. The molecule has 0 aliphatic heterocycles. The Morgan fingerprint density at radius 3 is 2.74 bits per heavy atom. The van der Waals surface area contributed by atoms with Crippen molar-refractivity contribution >= 4 is 22.9 Å². The molecule has 4 aromatic rings. The predicted molar refractivity (Wildman–Crippen MR) is 106 cm³/mol. The fraction of sp³-hybridized carbons (Fsp3) is 0.143. The highest BCUT2D eigenvalue weighted by Crippen LogP contribution is 2.27. The Kier molecular flexibility index (Phi) is 5.07. The van der Waals surface area contributed by atoms with E-state index in [4.69, 9.17) is 9.72 Å². The number of pyridine rings is 1. The number of ether oxygens (including phenoxy) is 1. The van der Waals surface area contributed by atoms with Crippen LogP contribution in [0, 0.1) is 5.82 Å². The molecule has 0 bridgehead atoms. The lowest BCUT2D eigenvalue weighted by Gasteiger charge is -2.10. The molecule has 0 amide bonds. The first-order chi connectivity index (χ1) is 13.2. The van der Waals surface area contributed by atoms with E-state index in [9.17, 15) is 4.39 Å². The van der Waals surface area contributed by atoms with Crippen LogP contribution in [0.5, 0.6) is 5.75 Å². The van der Waals surface area contributed by atoms with E-state index in [-0.39, 0.29) is 5.82 Å². The Bertz CT molecular complexity index is 1080. The molecule has 4 rings (SSSR count). The third-order valence-electron chi connectivity index (χ3n) is 4.20. The zero-order chi connectivity index (χ0) is 18.6. The minimum absolute atomic E-state index is 0.223. The second-order valence-corrected chi connectivity index (χ2v) is 7.04. The topological polar surface area (TPSA) is 39.9 Å². The molecule has 0 spiro atoms. The standard InChI is InChI=1S/C21H18FN3OS/c1-26-18-8-3-5-15(12-18)13-25-20-19(9-4-10-23-20)24-21(25)27-14-16-6-2-7-17(22)11-16/h2-12H,13-14H2,1H3. The molecule has 0 aliphatic rings. The van der Waals surface area contributed by atoms with Gasteiger partial charge in [0, 0.05) is 11.9 Å². The van der Waals surface area contributed by atoms with E-state index >= 15 is 0 Å². The smallest absolute Gasteiger partial charge is 0.170 e. The van der Waals surface area contributed by atoms with E-state index in [1.807, 2.05) is 36.4 Å². The van der Waals surface area contributed by atoms with Gasteiger partial charge in [-0.15, -0.1) is 0 Å². The van der Waals surface area contributed by atoms with E-state index in [2.05, 4.69) is 15.6 Å². The number of fused-ring (bicyclic) bond motifs is 1. The summed E-state index contributed by atoms with van der Waals surface area (Å²) in [6, 6.07) is 18.5. The van der Waals surface area contributed by atoms with Gasteiger partial charge >= 0.3 is 0 Å². The van der Waals surface area contributed by atoms with Crippen molar-refractivity contribution in [2.45, 2.75) is 17.5 Å². The molecule has 0 fully saturated rings. The number of imidazole rings is 1. The second kappa shape index (κ2) is 7.80. The number of halogens is 1. The fourth-order valence-electron chi connectivity index (χ4n) is 2.92. The van der Waals surface area contributed by atoms with Crippen molar-refractivity contribution in [3.8, 4) is 5.75 Å². The lowest BCUT2D eigenvalue weighted by molar-refractivity contribution is 0.414. The van der Waals surface area contributed by atoms with E-state index in [0.29, 0.717) is 12.3 Å². The maximum Gasteiger partial charge on any atom is 0.170 e. The first kappa shape index (κ1) is 17.5. The van der Waals surface area contributed by atoms with Crippen molar-refractivity contribution in [3.63, 3.8) is 0 Å². The maximum atomic E-state index is 13.4. The van der Waals surface area contributed by atoms with Crippen LogP contribution in [0.2, 0.25) is 0 Å². The molecule has 0 saturated heterocycles. The lowest BCUT2D eigenvalue weighted by Crippen LogP contribution is -2.03. The van der Waals surface area contributed by atoms with Gasteiger partial charge in [0.05, 0.1) is 13.7 Å². The van der Waals surface area contributed by atoms with Crippen LogP contribution in [0.25, 0.3) is 11.2 Å². The number of hydrogen-bond donors (Lipinski definition) is 0. The molecule has 2 aromatic heterocycles. The van der Waals surface area contributed by atoms with Crippen molar-refractivity contribution in [3.05, 3.63) is 83.8 Å². The molecule has 27 heavy (non-hydrogen) atoms. The summed E-state index contributed by atoms with van der Waals surface area (Å²) in [5.41, 5.74) is 3.71. The summed E-state index contributed by atoms with van der Waals surface area (Å²) in [6.45, 7) is 0.635. The molecule has 2 heterocycles. The third-order valence-corrected chi connectivity index (χ3v) is 5.25. The summed E-state index contributed by atoms with van der Waals surface area (Å²) in [5, 5.41) is 0.857. The summed E-state index contributed by atoms with van der Waals surface area (Å²) in [5.74, 6) is 1.23. The number of thioether (sulfide) groups is 1. The Morgan fingerprint density at radius 1 is 1.04 bits per heavy atom. The van der Waals surface area contributed by atoms with Gasteiger partial charge in [0.15, 0.2) is 10.8 Å². The molecule has 136 valence electrons. The number of benzene rings is 2. The van der Waals surface area contributed by atoms with Gasteiger partial charge in [0.25, 0.3) is 0 Å². The number of nitrogens with zero attached hydrogens (tertiary/aromatic N) is 3. The van der Waals surface area contributed by atoms with Gasteiger partial charge < -0.3 is 4.74 Å². The van der Waals surface area contributed by atoms with Crippen molar-refractivity contribution in [2.24, 2.45) is 0 Å². The zero-order valence-corrected chi connectivity index (χ0v) is 15.6. The number of rotatable bonds is 6. The molecule has 0 radical (unpaired) electrons. The van der Waals surface area contributed by atoms with Crippen molar-refractivity contribution in [1.29, 1.82) is 0 Å². The molecule has 0 aliphatic carbocycles. The van der Waals surface area contributed by atoms with Crippen LogP contribution in [0.1, 0.15) is 11.1 Å². The van der Waals surface area contributed by atoms with Crippen LogP contribution in [0.4, 0.5) is 4.39 Å². The van der Waals surface area contributed by atoms with Crippen LogP contribution < -0.4 is 4.74 Å². The molecule has 2 aromatic carbocycles. The predicted octanol–water partition coefficient (Wildman–Crippen LogP) is 4.92. The highest BCUT2D eigenvalue weighted by molar-refractivity contribution is 7.98. The molecule has 0 N–H and O–H groups in total. The Labute approximate surface area is 161 Å². The number of aromatic nitrogens is 3. The molecule has 0 unspecified atom stereocenters. The van der Waals surface area contributed by atoms with Gasteiger partial charge in [-0.3, -0.25) is 4.57 Å². The second-order valence-electron chi connectivity index (χ2n) is 6.10. The van der Waals surface area contributed by atoms with Gasteiger partial charge in [0.2, 0.25) is 0 Å². The first-order valence-electron chi connectivity index (χ1n) is 8.54. The molecule has 6 heteroatoms. The van der Waals surface area contributed by atoms with Crippen molar-refractivity contribution < 1.29 is 9.13 Å². The van der Waals surface area contributed by atoms with Crippen LogP contribution in [0.3, 0.4) is 0 Å². The first-order valence-corrected chi connectivity index (χ1v) is 9.53. The number of hydrogen-bond acceptors (Lipinski definition) is 4. The summed E-state index contributed by atoms with van der Waals surface area (Å²) >= 11 is 1.58. The average Bonchev–Trinajstić information content (AvgIpc) is 3.04. The van der Waals surface area contributed by atoms with Crippen molar-refractivity contribution in [1.82, 2.24) is 14.5 Å². The van der Waals surface area contributed by atoms with Crippen LogP contribution in [0.15, 0.2) is 72.0 Å². The summed E-state index contributed by atoms with van der Waals surface area (Å²) in [7, 11) is 1.66. The van der Waals surface area contributed by atoms with Gasteiger partial charge in [-0.25, -0.2) is 14.4 Å². The Hall–Kier alpha value is -2.86. The molecule has 4 nitrogen and oxygen atoms in total. The Balaban J connectivity index is 1.66. The van der Waals surface area contributed by atoms with E-state index in [1.54, 1.807) is 37.2 Å². The molecule has 0 atom stereocenters. The summed E-state index contributed by atoms with van der Waals surface area (Å²) in [6.07, 6.45) is 1.77. The fourth-order valence-corrected chi connectivity index (χ4v) is 3.86. The van der Waals surface area contributed by atoms with Gasteiger partial charge in [-0.1, -0.05) is 36.0 Å². The zero-order valence-electron chi connectivity index (χ0n) is 14.8. The lowest BCUT2D eigenvalue weighted by atomic mass is 10.2. The van der Waals surface area contributed by atoms with Crippen LogP contribution in [-0.4, -0.2) is 21.6 Å². The van der Waals surface area contributed by atoms with E-state index in [0.717, 1.165) is 33.2 Å². The largest absolute Gasteiger partial charge is 0.497 e. The van der Waals surface area contributed by atoms with Gasteiger partial charge in [-0.05, 0) is 47.5 Å². The molecule has 0 saturated carbocycles. The van der Waals surface area contributed by atoms with Crippen LogP contribution in [-0.2, 0) is 12.3 Å².